The smallest absolute Gasteiger partial charge is 0.387 e. The SMILES string of the molecule is COc1ccc(CSCC(=O)NCCc2ccc(OC(F)F)cc2)cc1[N+](=O)[O-]. The Hall–Kier alpha value is -2.88. The molecule has 0 aliphatic carbocycles. The van der Waals surface area contributed by atoms with Crippen molar-refractivity contribution in [2.24, 2.45) is 0 Å². The average Bonchev–Trinajstić information content (AvgIpc) is 2.68. The highest BCUT2D eigenvalue weighted by Gasteiger charge is 2.15. The topological polar surface area (TPSA) is 90.7 Å². The molecule has 0 heterocycles. The minimum absolute atomic E-state index is 0.0861. The molecule has 0 radical (unpaired) electrons. The lowest BCUT2D eigenvalue weighted by Crippen LogP contribution is -2.27. The van der Waals surface area contributed by atoms with E-state index >= 15 is 0 Å². The monoisotopic (exact) mass is 426 g/mol. The fraction of sp³-hybridized carbons (Fsp3) is 0.316. The summed E-state index contributed by atoms with van der Waals surface area (Å²) in [5.41, 5.74) is 1.49. The number of methoxy groups -OCH3 is 1. The lowest BCUT2D eigenvalue weighted by atomic mass is 10.1. The second-order valence-electron chi connectivity index (χ2n) is 5.88. The van der Waals surface area contributed by atoms with Gasteiger partial charge in [-0.05, 0) is 35.7 Å². The zero-order chi connectivity index (χ0) is 21.2. The summed E-state index contributed by atoms with van der Waals surface area (Å²) >= 11 is 1.34. The van der Waals surface area contributed by atoms with E-state index in [9.17, 15) is 23.7 Å². The summed E-state index contributed by atoms with van der Waals surface area (Å²) in [5.74, 6) is 0.777. The number of ether oxygens (including phenoxy) is 2. The van der Waals surface area contributed by atoms with Crippen molar-refractivity contribution < 1.29 is 28.0 Å². The standard InChI is InChI=1S/C19H20F2N2O5S/c1-27-17-7-4-14(10-16(17)23(25)26)11-29-12-18(24)22-9-8-13-2-5-15(6-3-13)28-19(20)21/h2-7,10,19H,8-9,11-12H2,1H3,(H,22,24). The second-order valence-corrected chi connectivity index (χ2v) is 6.86. The first-order chi connectivity index (χ1) is 13.9. The largest absolute Gasteiger partial charge is 0.490 e. The summed E-state index contributed by atoms with van der Waals surface area (Å²) in [6.07, 6.45) is 0.552. The first-order valence-electron chi connectivity index (χ1n) is 8.58. The normalized spacial score (nSPS) is 10.6. The number of nitrogens with one attached hydrogen (secondary N) is 1. The molecule has 0 bridgehead atoms. The molecule has 0 unspecified atom stereocenters. The molecule has 1 amide bonds. The molecule has 0 saturated heterocycles. The molecule has 0 aromatic heterocycles. The number of nitro groups is 1. The summed E-state index contributed by atoms with van der Waals surface area (Å²) < 4.78 is 33.4. The molecular weight excluding hydrogens is 406 g/mol. The van der Waals surface area contributed by atoms with E-state index in [1.165, 1.54) is 43.1 Å². The van der Waals surface area contributed by atoms with Crippen LogP contribution in [0.1, 0.15) is 11.1 Å². The van der Waals surface area contributed by atoms with Crippen molar-refractivity contribution in [3.8, 4) is 11.5 Å². The molecule has 0 spiro atoms. The van der Waals surface area contributed by atoms with Gasteiger partial charge in [-0.15, -0.1) is 11.8 Å². The van der Waals surface area contributed by atoms with E-state index in [-0.39, 0.29) is 28.8 Å². The Labute approximate surface area is 170 Å². The first kappa shape index (κ1) is 22.4. The van der Waals surface area contributed by atoms with Crippen LogP contribution < -0.4 is 14.8 Å². The number of carbonyl (C=O) groups is 1. The van der Waals surface area contributed by atoms with Gasteiger partial charge in [0.05, 0.1) is 17.8 Å². The van der Waals surface area contributed by atoms with Gasteiger partial charge in [0.1, 0.15) is 5.75 Å². The van der Waals surface area contributed by atoms with Crippen LogP contribution in [0.2, 0.25) is 0 Å². The number of nitrogens with zero attached hydrogens (tertiary/aromatic N) is 1. The molecule has 0 aliphatic heterocycles. The fourth-order valence-electron chi connectivity index (χ4n) is 2.46. The van der Waals surface area contributed by atoms with Crippen molar-refractivity contribution in [1.29, 1.82) is 0 Å². The number of carbonyl (C=O) groups excluding carboxylic acids is 1. The molecule has 0 fully saturated rings. The van der Waals surface area contributed by atoms with Crippen LogP contribution >= 0.6 is 11.8 Å². The molecule has 0 saturated carbocycles. The molecule has 10 heteroatoms. The third kappa shape index (κ3) is 7.57. The number of rotatable bonds is 11. The van der Waals surface area contributed by atoms with Crippen LogP contribution in [0, 0.1) is 10.1 Å². The molecule has 29 heavy (non-hydrogen) atoms. The van der Waals surface area contributed by atoms with Crippen LogP contribution in [0.4, 0.5) is 14.5 Å². The molecule has 0 aliphatic rings. The zero-order valence-electron chi connectivity index (χ0n) is 15.6. The van der Waals surface area contributed by atoms with Gasteiger partial charge in [-0.2, -0.15) is 8.78 Å². The third-order valence-electron chi connectivity index (χ3n) is 3.83. The van der Waals surface area contributed by atoms with Gasteiger partial charge in [-0.3, -0.25) is 14.9 Å². The summed E-state index contributed by atoms with van der Waals surface area (Å²) in [4.78, 5) is 22.4. The third-order valence-corrected chi connectivity index (χ3v) is 4.83. The van der Waals surface area contributed by atoms with E-state index in [0.717, 1.165) is 11.1 Å². The molecule has 1 N–H and O–H groups in total. The summed E-state index contributed by atoms with van der Waals surface area (Å²) in [7, 11) is 1.37. The van der Waals surface area contributed by atoms with Crippen LogP contribution in [-0.2, 0) is 17.0 Å². The quantitative estimate of drug-likeness (QED) is 0.434. The number of hydrogen-bond donors (Lipinski definition) is 1. The fourth-order valence-corrected chi connectivity index (χ4v) is 3.27. The number of halogens is 2. The molecular formula is C19H20F2N2O5S. The van der Waals surface area contributed by atoms with Gasteiger partial charge in [0, 0.05) is 18.4 Å². The van der Waals surface area contributed by atoms with Crippen molar-refractivity contribution in [2.45, 2.75) is 18.8 Å². The van der Waals surface area contributed by atoms with Gasteiger partial charge in [-0.25, -0.2) is 0 Å². The molecule has 156 valence electrons. The molecule has 7 nitrogen and oxygen atoms in total. The number of benzene rings is 2. The van der Waals surface area contributed by atoms with Crippen molar-refractivity contribution in [3.63, 3.8) is 0 Å². The van der Waals surface area contributed by atoms with E-state index in [0.29, 0.717) is 18.7 Å². The minimum atomic E-state index is -2.86. The first-order valence-corrected chi connectivity index (χ1v) is 9.74. The highest BCUT2D eigenvalue weighted by molar-refractivity contribution is 7.99. The van der Waals surface area contributed by atoms with Gasteiger partial charge in [-0.1, -0.05) is 18.2 Å². The number of nitro benzene ring substituents is 1. The number of hydrogen-bond acceptors (Lipinski definition) is 6. The van der Waals surface area contributed by atoms with Gasteiger partial charge >= 0.3 is 12.3 Å². The van der Waals surface area contributed by atoms with E-state index in [2.05, 4.69) is 10.1 Å². The van der Waals surface area contributed by atoms with Gasteiger partial charge in [0.25, 0.3) is 0 Å². The summed E-state index contributed by atoms with van der Waals surface area (Å²) in [6.45, 7) is -2.45. The Balaban J connectivity index is 1.71. The predicted octanol–water partition coefficient (Wildman–Crippen LogP) is 3.80. The minimum Gasteiger partial charge on any atom is -0.490 e. The maximum absolute atomic E-state index is 12.1. The van der Waals surface area contributed by atoms with Crippen LogP contribution in [0.3, 0.4) is 0 Å². The van der Waals surface area contributed by atoms with E-state index < -0.39 is 11.5 Å². The van der Waals surface area contributed by atoms with Crippen molar-refractivity contribution >= 4 is 23.4 Å². The lowest BCUT2D eigenvalue weighted by Gasteiger charge is -2.08. The predicted molar refractivity (Wildman–Crippen MR) is 106 cm³/mol. The Morgan fingerprint density at radius 1 is 1.21 bits per heavy atom. The van der Waals surface area contributed by atoms with Gasteiger partial charge in [0.2, 0.25) is 5.91 Å². The summed E-state index contributed by atoms with van der Waals surface area (Å²) in [6, 6.07) is 10.9. The van der Waals surface area contributed by atoms with Crippen LogP contribution in [0.5, 0.6) is 11.5 Å². The number of amides is 1. The van der Waals surface area contributed by atoms with Crippen LogP contribution in [-0.4, -0.2) is 36.8 Å². The lowest BCUT2D eigenvalue weighted by molar-refractivity contribution is -0.385. The van der Waals surface area contributed by atoms with Gasteiger partial charge in [0.15, 0.2) is 5.75 Å². The van der Waals surface area contributed by atoms with Crippen LogP contribution in [0.15, 0.2) is 42.5 Å². The molecule has 2 aromatic rings. The Morgan fingerprint density at radius 3 is 2.52 bits per heavy atom. The highest BCUT2D eigenvalue weighted by Crippen LogP contribution is 2.28. The Kier molecular flexibility index (Phi) is 8.66. The average molecular weight is 426 g/mol. The number of alkyl halides is 2. The van der Waals surface area contributed by atoms with Crippen molar-refractivity contribution in [1.82, 2.24) is 5.32 Å². The second kappa shape index (κ2) is 11.2. The van der Waals surface area contributed by atoms with Crippen LogP contribution in [0.25, 0.3) is 0 Å². The van der Waals surface area contributed by atoms with E-state index in [1.54, 1.807) is 18.2 Å². The maximum Gasteiger partial charge on any atom is 0.387 e. The Morgan fingerprint density at radius 2 is 1.90 bits per heavy atom. The maximum atomic E-state index is 12.1. The highest BCUT2D eigenvalue weighted by atomic mass is 32.2. The Bertz CT molecular complexity index is 834. The zero-order valence-corrected chi connectivity index (χ0v) is 16.4. The van der Waals surface area contributed by atoms with Crippen molar-refractivity contribution in [3.05, 3.63) is 63.7 Å². The number of thioether (sulfide) groups is 1. The molecule has 2 aromatic carbocycles. The van der Waals surface area contributed by atoms with E-state index in [4.69, 9.17) is 4.74 Å². The van der Waals surface area contributed by atoms with E-state index in [1.807, 2.05) is 0 Å². The van der Waals surface area contributed by atoms with Gasteiger partial charge < -0.3 is 14.8 Å². The molecule has 2 rings (SSSR count). The van der Waals surface area contributed by atoms with Crippen molar-refractivity contribution in [2.75, 3.05) is 19.4 Å². The summed E-state index contributed by atoms with van der Waals surface area (Å²) in [5, 5.41) is 13.8. The molecule has 0 atom stereocenters.